The van der Waals surface area contributed by atoms with Crippen LogP contribution in [-0.2, 0) is 14.3 Å². The first kappa shape index (κ1) is 10.5. The average molecular weight is 186 g/mol. The first-order chi connectivity index (χ1) is 5.99. The van der Waals surface area contributed by atoms with E-state index in [1.165, 1.54) is 0 Å². The number of ether oxygens (including phenoxy) is 2. The van der Waals surface area contributed by atoms with Gasteiger partial charge < -0.3 is 9.47 Å². The van der Waals surface area contributed by atoms with E-state index in [1.807, 2.05) is 20.8 Å². The van der Waals surface area contributed by atoms with Crippen LogP contribution in [0, 0.1) is 5.41 Å². The minimum atomic E-state index is -0.303. The molecule has 1 unspecified atom stereocenters. The highest BCUT2D eigenvalue weighted by Gasteiger charge is 2.26. The van der Waals surface area contributed by atoms with Gasteiger partial charge in [0.2, 0.25) is 0 Å². The molecule has 1 rings (SSSR count). The van der Waals surface area contributed by atoms with Gasteiger partial charge in [0.1, 0.15) is 0 Å². The van der Waals surface area contributed by atoms with Gasteiger partial charge in [0.05, 0.1) is 6.61 Å². The van der Waals surface area contributed by atoms with Crippen LogP contribution in [0.3, 0.4) is 0 Å². The van der Waals surface area contributed by atoms with Crippen molar-refractivity contribution in [2.75, 3.05) is 13.2 Å². The molecule has 0 radical (unpaired) electrons. The maximum atomic E-state index is 11.3. The molecule has 1 atom stereocenters. The van der Waals surface area contributed by atoms with Crippen LogP contribution >= 0.6 is 0 Å². The van der Waals surface area contributed by atoms with E-state index in [0.29, 0.717) is 13.2 Å². The lowest BCUT2D eigenvalue weighted by atomic mass is 9.99. The van der Waals surface area contributed by atoms with Gasteiger partial charge in [-0.1, -0.05) is 20.8 Å². The number of rotatable bonds is 2. The standard InChI is InChI=1S/C10H18O3/c1-10(2,3)7-13-9(11)8-5-4-6-12-8/h8H,4-7H2,1-3H3. The Bertz CT molecular complexity index is 175. The van der Waals surface area contributed by atoms with Gasteiger partial charge in [-0.05, 0) is 18.3 Å². The van der Waals surface area contributed by atoms with Crippen LogP contribution in [0.2, 0.25) is 0 Å². The van der Waals surface area contributed by atoms with Crippen molar-refractivity contribution < 1.29 is 14.3 Å². The highest BCUT2D eigenvalue weighted by atomic mass is 16.6. The lowest BCUT2D eigenvalue weighted by Crippen LogP contribution is -2.26. The summed E-state index contributed by atoms with van der Waals surface area (Å²) in [5, 5.41) is 0. The number of carbonyl (C=O) groups excluding carboxylic acids is 1. The molecule has 0 spiro atoms. The van der Waals surface area contributed by atoms with Crippen LogP contribution in [0.5, 0.6) is 0 Å². The van der Waals surface area contributed by atoms with Gasteiger partial charge in [-0.25, -0.2) is 4.79 Å². The molecule has 0 bridgehead atoms. The number of carbonyl (C=O) groups is 1. The zero-order chi connectivity index (χ0) is 9.90. The molecule has 1 fully saturated rings. The summed E-state index contributed by atoms with van der Waals surface area (Å²) < 4.78 is 10.3. The second-order valence-electron chi connectivity index (χ2n) is 4.67. The van der Waals surface area contributed by atoms with Crippen LogP contribution in [0.1, 0.15) is 33.6 Å². The highest BCUT2D eigenvalue weighted by molar-refractivity contribution is 5.74. The van der Waals surface area contributed by atoms with Gasteiger partial charge in [0.25, 0.3) is 0 Å². The van der Waals surface area contributed by atoms with E-state index in [0.717, 1.165) is 12.8 Å². The molecule has 0 saturated carbocycles. The van der Waals surface area contributed by atoms with Crippen molar-refractivity contribution in [2.24, 2.45) is 5.41 Å². The van der Waals surface area contributed by atoms with E-state index >= 15 is 0 Å². The van der Waals surface area contributed by atoms with Crippen molar-refractivity contribution in [3.63, 3.8) is 0 Å². The van der Waals surface area contributed by atoms with Gasteiger partial charge in [0.15, 0.2) is 6.10 Å². The highest BCUT2D eigenvalue weighted by Crippen LogP contribution is 2.17. The van der Waals surface area contributed by atoms with Crippen LogP contribution in [0.4, 0.5) is 0 Å². The Morgan fingerprint density at radius 3 is 2.69 bits per heavy atom. The topological polar surface area (TPSA) is 35.5 Å². The molecule has 0 aliphatic carbocycles. The van der Waals surface area contributed by atoms with Crippen LogP contribution in [0.25, 0.3) is 0 Å². The molecular weight excluding hydrogens is 168 g/mol. The number of hydrogen-bond donors (Lipinski definition) is 0. The van der Waals surface area contributed by atoms with Gasteiger partial charge in [-0.15, -0.1) is 0 Å². The van der Waals surface area contributed by atoms with Crippen LogP contribution < -0.4 is 0 Å². The van der Waals surface area contributed by atoms with Crippen molar-refractivity contribution in [2.45, 2.75) is 39.7 Å². The molecule has 0 aromatic rings. The zero-order valence-electron chi connectivity index (χ0n) is 8.63. The third kappa shape index (κ3) is 3.77. The second kappa shape index (κ2) is 4.09. The van der Waals surface area contributed by atoms with Gasteiger partial charge in [0, 0.05) is 6.61 Å². The average Bonchev–Trinajstić information content (AvgIpc) is 2.50. The Morgan fingerprint density at radius 2 is 2.23 bits per heavy atom. The minimum absolute atomic E-state index is 0.0360. The quantitative estimate of drug-likeness (QED) is 0.616. The Kier molecular flexibility index (Phi) is 3.31. The lowest BCUT2D eigenvalue weighted by molar-refractivity contribution is -0.157. The van der Waals surface area contributed by atoms with Crippen molar-refractivity contribution in [1.29, 1.82) is 0 Å². The molecule has 3 heteroatoms. The summed E-state index contributed by atoms with van der Waals surface area (Å²) in [6.07, 6.45) is 1.47. The molecule has 76 valence electrons. The van der Waals surface area contributed by atoms with Crippen LogP contribution in [-0.4, -0.2) is 25.3 Å². The van der Waals surface area contributed by atoms with Crippen molar-refractivity contribution in [3.05, 3.63) is 0 Å². The maximum absolute atomic E-state index is 11.3. The zero-order valence-corrected chi connectivity index (χ0v) is 8.63. The Morgan fingerprint density at radius 1 is 1.54 bits per heavy atom. The first-order valence-electron chi connectivity index (χ1n) is 4.77. The molecule has 1 aliphatic rings. The molecule has 1 aliphatic heterocycles. The second-order valence-corrected chi connectivity index (χ2v) is 4.67. The smallest absolute Gasteiger partial charge is 0.335 e. The third-order valence-corrected chi connectivity index (χ3v) is 1.84. The lowest BCUT2D eigenvalue weighted by Gasteiger charge is -2.19. The molecule has 13 heavy (non-hydrogen) atoms. The Hall–Kier alpha value is -0.570. The predicted molar refractivity (Wildman–Crippen MR) is 49.4 cm³/mol. The van der Waals surface area contributed by atoms with E-state index in [2.05, 4.69) is 0 Å². The third-order valence-electron chi connectivity index (χ3n) is 1.84. The van der Waals surface area contributed by atoms with E-state index in [4.69, 9.17) is 9.47 Å². The fourth-order valence-corrected chi connectivity index (χ4v) is 1.14. The molecule has 0 N–H and O–H groups in total. The number of hydrogen-bond acceptors (Lipinski definition) is 3. The normalized spacial score (nSPS) is 23.2. The van der Waals surface area contributed by atoms with Crippen molar-refractivity contribution in [3.8, 4) is 0 Å². The Labute approximate surface area is 79.4 Å². The predicted octanol–water partition coefficient (Wildman–Crippen LogP) is 1.75. The molecule has 0 amide bonds. The van der Waals surface area contributed by atoms with Crippen molar-refractivity contribution in [1.82, 2.24) is 0 Å². The minimum Gasteiger partial charge on any atom is -0.463 e. The molecule has 0 aromatic heterocycles. The molecule has 0 aromatic carbocycles. The van der Waals surface area contributed by atoms with Gasteiger partial charge >= 0.3 is 5.97 Å². The summed E-state index contributed by atoms with van der Waals surface area (Å²) in [4.78, 5) is 11.3. The fraction of sp³-hybridized carbons (Fsp3) is 0.900. The van der Waals surface area contributed by atoms with E-state index < -0.39 is 0 Å². The Balaban J connectivity index is 2.25. The van der Waals surface area contributed by atoms with Crippen LogP contribution in [0.15, 0.2) is 0 Å². The summed E-state index contributed by atoms with van der Waals surface area (Å²) in [5.74, 6) is -0.201. The first-order valence-corrected chi connectivity index (χ1v) is 4.77. The van der Waals surface area contributed by atoms with Gasteiger partial charge in [-0.2, -0.15) is 0 Å². The molecular formula is C10H18O3. The van der Waals surface area contributed by atoms with E-state index in [-0.39, 0.29) is 17.5 Å². The van der Waals surface area contributed by atoms with E-state index in [1.54, 1.807) is 0 Å². The maximum Gasteiger partial charge on any atom is 0.335 e. The SMILES string of the molecule is CC(C)(C)COC(=O)C1CCCO1. The fourth-order valence-electron chi connectivity index (χ4n) is 1.14. The number of esters is 1. The molecule has 1 heterocycles. The molecule has 3 nitrogen and oxygen atoms in total. The largest absolute Gasteiger partial charge is 0.463 e. The van der Waals surface area contributed by atoms with E-state index in [9.17, 15) is 4.79 Å². The van der Waals surface area contributed by atoms with Gasteiger partial charge in [-0.3, -0.25) is 0 Å². The monoisotopic (exact) mass is 186 g/mol. The molecule has 1 saturated heterocycles. The summed E-state index contributed by atoms with van der Waals surface area (Å²) in [7, 11) is 0. The summed E-state index contributed by atoms with van der Waals surface area (Å²) in [6.45, 7) is 7.27. The summed E-state index contributed by atoms with van der Waals surface area (Å²) in [5.41, 5.74) is 0.0360. The van der Waals surface area contributed by atoms with Crippen molar-refractivity contribution >= 4 is 5.97 Å². The summed E-state index contributed by atoms with van der Waals surface area (Å²) in [6, 6.07) is 0. The summed E-state index contributed by atoms with van der Waals surface area (Å²) >= 11 is 0.